The van der Waals surface area contributed by atoms with Crippen molar-refractivity contribution >= 4 is 17.9 Å². The number of nitrogens with one attached hydrogen (secondary N) is 3. The van der Waals surface area contributed by atoms with Crippen molar-refractivity contribution in [3.63, 3.8) is 0 Å². The Morgan fingerprint density at radius 3 is 2.31 bits per heavy atom. The molecule has 45 heavy (non-hydrogen) atoms. The molecular formula is C34H47N7O4. The lowest BCUT2D eigenvalue weighted by molar-refractivity contribution is -0.138. The van der Waals surface area contributed by atoms with Crippen molar-refractivity contribution in [2.24, 2.45) is 0 Å². The monoisotopic (exact) mass is 617 g/mol. The van der Waals surface area contributed by atoms with Crippen LogP contribution in [0.5, 0.6) is 0 Å². The van der Waals surface area contributed by atoms with Crippen LogP contribution in [0.2, 0.25) is 0 Å². The predicted molar refractivity (Wildman–Crippen MR) is 171 cm³/mol. The average Bonchev–Trinajstić information content (AvgIpc) is 3.52. The summed E-state index contributed by atoms with van der Waals surface area (Å²) in [5, 5.41) is 19.9. The molecule has 0 radical (unpaired) electrons. The zero-order chi connectivity index (χ0) is 32.5. The molecule has 0 bridgehead atoms. The normalized spacial score (nSPS) is 14.9. The maximum atomic E-state index is 13.9. The van der Waals surface area contributed by atoms with Gasteiger partial charge in [-0.1, -0.05) is 59.8 Å². The van der Waals surface area contributed by atoms with Gasteiger partial charge in [0.15, 0.2) is 5.82 Å². The van der Waals surface area contributed by atoms with E-state index in [9.17, 15) is 14.4 Å². The molecule has 11 heteroatoms. The molecule has 242 valence electrons. The Balaban J connectivity index is 1.40. The molecule has 1 aliphatic heterocycles. The van der Waals surface area contributed by atoms with E-state index in [1.54, 1.807) is 34.6 Å². The second-order valence-corrected chi connectivity index (χ2v) is 13.3. The van der Waals surface area contributed by atoms with Crippen molar-refractivity contribution in [3.05, 3.63) is 77.1 Å². The van der Waals surface area contributed by atoms with E-state index in [4.69, 9.17) is 4.74 Å². The number of aryl methyl sites for hydroxylation is 3. The first-order valence-corrected chi connectivity index (χ1v) is 15.9. The maximum absolute atomic E-state index is 13.9. The molecule has 1 fully saturated rings. The van der Waals surface area contributed by atoms with Crippen LogP contribution in [0.25, 0.3) is 0 Å². The summed E-state index contributed by atoms with van der Waals surface area (Å²) < 4.78 is 5.36. The summed E-state index contributed by atoms with van der Waals surface area (Å²) in [6.45, 7) is 9.72. The highest BCUT2D eigenvalue weighted by atomic mass is 16.6. The van der Waals surface area contributed by atoms with Crippen LogP contribution in [-0.2, 0) is 33.6 Å². The van der Waals surface area contributed by atoms with Gasteiger partial charge in [-0.25, -0.2) is 4.79 Å². The van der Waals surface area contributed by atoms with E-state index >= 15 is 0 Å². The fraction of sp³-hybridized carbons (Fsp3) is 0.529. The van der Waals surface area contributed by atoms with Crippen LogP contribution in [0.1, 0.15) is 88.7 Å². The highest BCUT2D eigenvalue weighted by molar-refractivity contribution is 5.93. The number of benzene rings is 2. The Morgan fingerprint density at radius 1 is 0.956 bits per heavy atom. The summed E-state index contributed by atoms with van der Waals surface area (Å²) in [6, 6.07) is 17.8. The Kier molecular flexibility index (Phi) is 11.3. The fourth-order valence-electron chi connectivity index (χ4n) is 5.69. The van der Waals surface area contributed by atoms with Gasteiger partial charge in [0.05, 0.1) is 0 Å². The second-order valence-electron chi connectivity index (χ2n) is 13.3. The lowest BCUT2D eigenvalue weighted by atomic mass is 9.85. The van der Waals surface area contributed by atoms with Crippen molar-refractivity contribution in [1.82, 2.24) is 36.2 Å². The number of aromatic nitrogens is 4. The van der Waals surface area contributed by atoms with Gasteiger partial charge in [0.1, 0.15) is 17.2 Å². The number of tetrazole rings is 1. The third-order valence-corrected chi connectivity index (χ3v) is 8.09. The first-order chi connectivity index (χ1) is 21.4. The Hall–Kier alpha value is -4.28. The summed E-state index contributed by atoms with van der Waals surface area (Å²) in [4.78, 5) is 41.7. The molecule has 1 aliphatic rings. The molecule has 0 spiro atoms. The molecule has 4 rings (SSSR count). The molecule has 1 saturated heterocycles. The molecule has 3 amide bonds. The summed E-state index contributed by atoms with van der Waals surface area (Å²) in [5.74, 6) is 0.499. The van der Waals surface area contributed by atoms with Crippen LogP contribution in [0.4, 0.5) is 4.79 Å². The van der Waals surface area contributed by atoms with Crippen LogP contribution < -0.4 is 10.6 Å². The SMILES string of the molecule is CC(C)(C)OC(=O)NC(C)(C)C(=O)N[C@H](CCCc1ccccc1)C(=O)N1CCC(c2ccccc2CCc2nn[nH]n2)CC1. The molecule has 3 aromatic rings. The van der Waals surface area contributed by atoms with E-state index in [-0.39, 0.29) is 5.91 Å². The lowest BCUT2D eigenvalue weighted by Crippen LogP contribution is -2.60. The first-order valence-electron chi connectivity index (χ1n) is 15.9. The Morgan fingerprint density at radius 2 is 1.64 bits per heavy atom. The third-order valence-electron chi connectivity index (χ3n) is 8.09. The number of ether oxygens (including phenoxy) is 1. The number of likely N-dealkylation sites (tertiary alicyclic amines) is 1. The van der Waals surface area contributed by atoms with Gasteiger partial charge in [-0.05, 0) is 95.8 Å². The molecule has 0 saturated carbocycles. The number of piperidine rings is 1. The zero-order valence-electron chi connectivity index (χ0n) is 27.1. The number of carbonyl (C=O) groups is 3. The van der Waals surface area contributed by atoms with Crippen LogP contribution in [0, 0.1) is 0 Å². The number of nitrogens with zero attached hydrogens (tertiary/aromatic N) is 4. The standard InChI is InChI=1S/C34H47N7O4/c1-33(2,3)45-32(44)36-34(4,5)31(43)35-28(17-11-14-24-12-7-6-8-13-24)30(42)41-22-20-26(21-23-41)27-16-10-9-15-25(27)18-19-29-37-39-40-38-29/h6-10,12-13,15-16,26,28H,11,14,17-23H2,1-5H3,(H,35,43)(H,36,44)(H,37,38,39,40)/t28-/m1/s1. The van der Waals surface area contributed by atoms with Gasteiger partial charge >= 0.3 is 6.09 Å². The van der Waals surface area contributed by atoms with Gasteiger partial charge in [0.25, 0.3) is 0 Å². The molecular weight excluding hydrogens is 570 g/mol. The highest BCUT2D eigenvalue weighted by Crippen LogP contribution is 2.31. The number of alkyl carbamates (subject to hydrolysis) is 1. The van der Waals surface area contributed by atoms with Crippen LogP contribution in [-0.4, -0.2) is 73.7 Å². The van der Waals surface area contributed by atoms with Crippen LogP contribution in [0.3, 0.4) is 0 Å². The van der Waals surface area contributed by atoms with Crippen LogP contribution in [0.15, 0.2) is 54.6 Å². The fourth-order valence-corrected chi connectivity index (χ4v) is 5.69. The van der Waals surface area contributed by atoms with Crippen LogP contribution >= 0.6 is 0 Å². The van der Waals surface area contributed by atoms with E-state index in [2.05, 4.69) is 67.7 Å². The largest absolute Gasteiger partial charge is 0.444 e. The molecule has 0 unspecified atom stereocenters. The van der Waals surface area contributed by atoms with E-state index < -0.39 is 29.2 Å². The molecule has 11 nitrogen and oxygen atoms in total. The number of aromatic amines is 1. The number of amides is 3. The van der Waals surface area contributed by atoms with Crippen molar-refractivity contribution in [2.45, 2.75) is 103 Å². The maximum Gasteiger partial charge on any atom is 0.408 e. The van der Waals surface area contributed by atoms with E-state index in [0.717, 1.165) is 32.1 Å². The number of hydrogen-bond acceptors (Lipinski definition) is 7. The van der Waals surface area contributed by atoms with Gasteiger partial charge in [-0.15, -0.1) is 10.2 Å². The van der Waals surface area contributed by atoms with Gasteiger partial charge < -0.3 is 20.3 Å². The Bertz CT molecular complexity index is 1400. The zero-order valence-corrected chi connectivity index (χ0v) is 27.1. The van der Waals surface area contributed by atoms with Crippen molar-refractivity contribution in [3.8, 4) is 0 Å². The summed E-state index contributed by atoms with van der Waals surface area (Å²) in [7, 11) is 0. The molecule has 2 heterocycles. The topological polar surface area (TPSA) is 142 Å². The smallest absolute Gasteiger partial charge is 0.408 e. The van der Waals surface area contributed by atoms with Gasteiger partial charge in [-0.2, -0.15) is 5.21 Å². The predicted octanol–water partition coefficient (Wildman–Crippen LogP) is 4.50. The molecule has 0 aliphatic carbocycles. The van der Waals surface area contributed by atoms with E-state index in [1.807, 2.05) is 23.1 Å². The molecule has 1 aromatic heterocycles. The molecule has 2 aromatic carbocycles. The number of carbonyl (C=O) groups excluding carboxylic acids is 3. The van der Waals surface area contributed by atoms with Crippen molar-refractivity contribution in [2.75, 3.05) is 13.1 Å². The minimum Gasteiger partial charge on any atom is -0.444 e. The van der Waals surface area contributed by atoms with E-state index in [0.29, 0.717) is 37.7 Å². The molecule has 3 N–H and O–H groups in total. The van der Waals surface area contributed by atoms with Gasteiger partial charge in [0.2, 0.25) is 11.8 Å². The summed E-state index contributed by atoms with van der Waals surface area (Å²) >= 11 is 0. The van der Waals surface area contributed by atoms with E-state index in [1.165, 1.54) is 16.7 Å². The lowest BCUT2D eigenvalue weighted by Gasteiger charge is -2.36. The minimum atomic E-state index is -1.28. The average molecular weight is 618 g/mol. The summed E-state index contributed by atoms with van der Waals surface area (Å²) in [6.07, 6.45) is 4.51. The number of hydrogen-bond donors (Lipinski definition) is 3. The summed E-state index contributed by atoms with van der Waals surface area (Å²) in [5.41, 5.74) is 1.76. The number of H-pyrrole nitrogens is 1. The van der Waals surface area contributed by atoms with Gasteiger partial charge in [-0.3, -0.25) is 9.59 Å². The number of rotatable bonds is 12. The van der Waals surface area contributed by atoms with Gasteiger partial charge in [0, 0.05) is 19.5 Å². The molecule has 1 atom stereocenters. The van der Waals surface area contributed by atoms with Crippen molar-refractivity contribution in [1.29, 1.82) is 0 Å². The second kappa shape index (κ2) is 15.1. The Labute approximate surface area is 265 Å². The highest BCUT2D eigenvalue weighted by Gasteiger charge is 2.36. The third kappa shape index (κ3) is 10.1. The first kappa shape index (κ1) is 33.6. The minimum absolute atomic E-state index is 0.0895. The van der Waals surface area contributed by atoms with Crippen molar-refractivity contribution < 1.29 is 19.1 Å². The quantitative estimate of drug-likeness (QED) is 0.272.